The Morgan fingerprint density at radius 1 is 0.900 bits per heavy atom. The molecule has 5 nitrogen and oxygen atoms in total. The first-order valence-electron chi connectivity index (χ1n) is 14.5. The van der Waals surface area contributed by atoms with Crippen LogP contribution in [0.1, 0.15) is 89.5 Å². The normalized spacial score (nSPS) is 10.7. The van der Waals surface area contributed by atoms with Gasteiger partial charge in [-0.2, -0.15) is 4.57 Å². The van der Waals surface area contributed by atoms with Crippen LogP contribution in [0, 0.1) is 0 Å². The highest BCUT2D eigenvalue weighted by Crippen LogP contribution is 2.29. The van der Waals surface area contributed by atoms with E-state index in [1.54, 1.807) is 29.5 Å². The summed E-state index contributed by atoms with van der Waals surface area (Å²) in [5.41, 5.74) is 3.86. The summed E-state index contributed by atoms with van der Waals surface area (Å²) >= 11 is 7.97. The molecule has 0 unspecified atom stereocenters. The third-order valence-corrected chi connectivity index (χ3v) is 7.68. The fourth-order valence-electron chi connectivity index (χ4n) is 4.47. The summed E-state index contributed by atoms with van der Waals surface area (Å²) in [5, 5.41) is 5.54. The van der Waals surface area contributed by atoms with Crippen molar-refractivity contribution in [2.75, 3.05) is 18.5 Å². The molecule has 0 spiro atoms. The Kier molecular flexibility index (Phi) is 17.7. The summed E-state index contributed by atoms with van der Waals surface area (Å²) in [4.78, 5) is 12.6. The van der Waals surface area contributed by atoms with Crippen molar-refractivity contribution in [1.82, 2.24) is 0 Å². The van der Waals surface area contributed by atoms with E-state index in [1.165, 1.54) is 64.2 Å². The van der Waals surface area contributed by atoms with Crippen LogP contribution in [0.3, 0.4) is 0 Å². The lowest BCUT2D eigenvalue weighted by molar-refractivity contribution is -0.683. The minimum absolute atomic E-state index is 0. The average molecular weight is 652 g/mol. The van der Waals surface area contributed by atoms with Crippen LogP contribution in [-0.2, 0) is 11.3 Å². The Hall–Kier alpha value is -2.09. The summed E-state index contributed by atoms with van der Waals surface area (Å²) in [6, 6.07) is 13.1. The van der Waals surface area contributed by atoms with E-state index in [0.717, 1.165) is 24.1 Å². The van der Waals surface area contributed by atoms with Gasteiger partial charge in [-0.3, -0.25) is 4.79 Å². The number of unbranched alkanes of at least 4 members (excludes halogenated alkanes) is 11. The lowest BCUT2D eigenvalue weighted by Gasteiger charge is -2.12. The Morgan fingerprint density at radius 3 is 2.25 bits per heavy atom. The molecule has 0 radical (unpaired) electrons. The standard InChI is InChI=1S/C32H43ClN2O3S.BrH/c1-2-3-4-5-6-7-8-9-10-11-12-15-21-37-31-23-28(18-19-29(31)33)38-25-32(36)34-30-17-14-13-16-27(30)24-35-20-22-39-26-35;/h13-14,16-20,22-23,26H,2-12,15,21,24-25H2,1H3;1H. The van der Waals surface area contributed by atoms with Gasteiger partial charge in [-0.05, 0) is 24.6 Å². The second-order valence-electron chi connectivity index (χ2n) is 10.0. The minimum atomic E-state index is -0.216. The van der Waals surface area contributed by atoms with E-state index in [9.17, 15) is 4.79 Å². The van der Waals surface area contributed by atoms with Gasteiger partial charge in [0.05, 0.1) is 22.7 Å². The van der Waals surface area contributed by atoms with E-state index in [2.05, 4.69) is 16.8 Å². The molecule has 1 heterocycles. The van der Waals surface area contributed by atoms with Crippen LogP contribution in [-0.4, -0.2) is 19.1 Å². The van der Waals surface area contributed by atoms with Crippen LogP contribution >= 0.6 is 22.9 Å². The molecular formula is C32H44BrClN2O3S. The van der Waals surface area contributed by atoms with E-state index in [4.69, 9.17) is 21.1 Å². The number of carbonyl (C=O) groups excluding carboxylic acids is 1. The molecule has 0 aliphatic heterocycles. The number of thiazole rings is 1. The molecule has 0 saturated carbocycles. The number of rotatable bonds is 20. The SMILES string of the molecule is CCCCCCCCCCCCCCOc1cc(OCC(=O)Nc2ccccc2C[n+]2ccsc2)ccc1Cl.[Br-]. The number of hydrogen-bond donors (Lipinski definition) is 1. The molecule has 40 heavy (non-hydrogen) atoms. The molecule has 1 N–H and O–H groups in total. The maximum Gasteiger partial charge on any atom is 0.262 e. The molecule has 0 bridgehead atoms. The number of ether oxygens (including phenoxy) is 2. The van der Waals surface area contributed by atoms with E-state index < -0.39 is 0 Å². The molecular weight excluding hydrogens is 608 g/mol. The topological polar surface area (TPSA) is 51.4 Å². The maximum atomic E-state index is 12.6. The molecule has 0 saturated heterocycles. The summed E-state index contributed by atoms with van der Waals surface area (Å²) in [6.45, 7) is 3.49. The Morgan fingerprint density at radius 2 is 1.57 bits per heavy atom. The maximum absolute atomic E-state index is 12.6. The van der Waals surface area contributed by atoms with Crippen LogP contribution in [0.25, 0.3) is 0 Å². The molecule has 3 aromatic rings. The highest BCUT2D eigenvalue weighted by Gasteiger charge is 2.12. The van der Waals surface area contributed by atoms with Gasteiger partial charge in [0.15, 0.2) is 19.3 Å². The van der Waals surface area contributed by atoms with Crippen LogP contribution in [0.4, 0.5) is 5.69 Å². The Labute approximate surface area is 260 Å². The largest absolute Gasteiger partial charge is 1.00 e. The van der Waals surface area contributed by atoms with Gasteiger partial charge in [0.1, 0.15) is 11.5 Å². The number of anilines is 1. The molecule has 1 aromatic heterocycles. The molecule has 2 aromatic carbocycles. The number of benzene rings is 2. The Bertz CT molecular complexity index is 1100. The van der Waals surface area contributed by atoms with Gasteiger partial charge in [-0.25, -0.2) is 0 Å². The highest BCUT2D eigenvalue weighted by molar-refractivity contribution is 7.07. The number of hydrogen-bond acceptors (Lipinski definition) is 4. The molecule has 0 fully saturated rings. The molecule has 3 rings (SSSR count). The van der Waals surface area contributed by atoms with Crippen molar-refractivity contribution < 1.29 is 35.8 Å². The minimum Gasteiger partial charge on any atom is -1.00 e. The van der Waals surface area contributed by atoms with Crippen LogP contribution < -0.4 is 36.3 Å². The number of para-hydroxylation sites is 1. The first-order chi connectivity index (χ1) is 19.2. The average Bonchev–Trinajstić information content (AvgIpc) is 3.46. The summed E-state index contributed by atoms with van der Waals surface area (Å²) < 4.78 is 13.8. The van der Waals surface area contributed by atoms with E-state index in [-0.39, 0.29) is 29.5 Å². The van der Waals surface area contributed by atoms with Crippen molar-refractivity contribution in [2.24, 2.45) is 0 Å². The smallest absolute Gasteiger partial charge is 0.262 e. The van der Waals surface area contributed by atoms with Crippen molar-refractivity contribution >= 4 is 34.5 Å². The molecule has 0 aliphatic carbocycles. The van der Waals surface area contributed by atoms with Gasteiger partial charge in [0.2, 0.25) is 5.51 Å². The highest BCUT2D eigenvalue weighted by atomic mass is 79.9. The van der Waals surface area contributed by atoms with Crippen molar-refractivity contribution in [1.29, 1.82) is 0 Å². The zero-order valence-corrected chi connectivity index (χ0v) is 26.9. The van der Waals surface area contributed by atoms with Gasteiger partial charge in [-0.1, -0.05) is 119 Å². The zero-order chi connectivity index (χ0) is 27.5. The van der Waals surface area contributed by atoms with E-state index in [0.29, 0.717) is 29.7 Å². The van der Waals surface area contributed by atoms with Crippen molar-refractivity contribution in [2.45, 2.75) is 90.5 Å². The number of aromatic nitrogens is 1. The number of nitrogens with one attached hydrogen (secondary N) is 1. The third kappa shape index (κ3) is 13.5. The molecule has 0 aliphatic rings. The van der Waals surface area contributed by atoms with Crippen LogP contribution in [0.5, 0.6) is 11.5 Å². The summed E-state index contributed by atoms with van der Waals surface area (Å²) in [6.07, 6.45) is 17.7. The third-order valence-electron chi connectivity index (χ3n) is 6.70. The lowest BCUT2D eigenvalue weighted by Crippen LogP contribution is -3.00. The second kappa shape index (κ2) is 20.7. The van der Waals surface area contributed by atoms with Crippen molar-refractivity contribution in [3.05, 3.63) is 70.1 Å². The predicted molar refractivity (Wildman–Crippen MR) is 162 cm³/mol. The number of amides is 1. The lowest BCUT2D eigenvalue weighted by atomic mass is 10.1. The first-order valence-corrected chi connectivity index (χ1v) is 15.8. The quantitative estimate of drug-likeness (QED) is 0.123. The van der Waals surface area contributed by atoms with Crippen LogP contribution in [0.2, 0.25) is 5.02 Å². The van der Waals surface area contributed by atoms with Crippen LogP contribution in [0.15, 0.2) is 59.6 Å². The number of carbonyl (C=O) groups is 1. The molecule has 220 valence electrons. The Balaban J connectivity index is 0.00000560. The van der Waals surface area contributed by atoms with Gasteiger partial charge in [0.25, 0.3) is 5.91 Å². The predicted octanol–water partition coefficient (Wildman–Crippen LogP) is 5.84. The summed E-state index contributed by atoms with van der Waals surface area (Å²) in [7, 11) is 0. The number of halogens is 2. The van der Waals surface area contributed by atoms with Gasteiger partial charge >= 0.3 is 0 Å². The van der Waals surface area contributed by atoms with Gasteiger partial charge in [0, 0.05) is 11.6 Å². The monoisotopic (exact) mass is 650 g/mol. The van der Waals surface area contributed by atoms with Crippen molar-refractivity contribution in [3.8, 4) is 11.5 Å². The molecule has 0 atom stereocenters. The molecule has 8 heteroatoms. The van der Waals surface area contributed by atoms with E-state index in [1.807, 2.05) is 41.4 Å². The fraction of sp³-hybridized carbons (Fsp3) is 0.500. The van der Waals surface area contributed by atoms with E-state index >= 15 is 0 Å². The van der Waals surface area contributed by atoms with Gasteiger partial charge in [-0.15, -0.1) is 0 Å². The second-order valence-corrected chi connectivity index (χ2v) is 11.2. The fourth-order valence-corrected chi connectivity index (χ4v) is 5.24. The van der Waals surface area contributed by atoms with Gasteiger partial charge < -0.3 is 31.8 Å². The first kappa shape index (κ1) is 34.1. The molecule has 1 amide bonds. The zero-order valence-electron chi connectivity index (χ0n) is 23.7. The van der Waals surface area contributed by atoms with Crippen molar-refractivity contribution in [3.63, 3.8) is 0 Å². The number of nitrogens with zero attached hydrogens (tertiary/aromatic N) is 1. The summed E-state index contributed by atoms with van der Waals surface area (Å²) in [5.74, 6) is 0.934.